The molecule has 4 heteroatoms. The molecule has 18 heavy (non-hydrogen) atoms. The molecule has 1 unspecified atom stereocenters. The summed E-state index contributed by atoms with van der Waals surface area (Å²) in [4.78, 5) is 13.8. The minimum Gasteiger partial charge on any atom is -0.508 e. The monoisotopic (exact) mass is 244 g/mol. The molecule has 1 N–H and O–H groups in total. The molecule has 0 aromatic heterocycles. The molecule has 1 aliphatic heterocycles. The van der Waals surface area contributed by atoms with Crippen molar-refractivity contribution < 1.29 is 9.90 Å². The highest BCUT2D eigenvalue weighted by atomic mass is 16.3. The molecule has 1 aromatic carbocycles. The quantitative estimate of drug-likeness (QED) is 0.863. The zero-order valence-electron chi connectivity index (χ0n) is 10.2. The number of nitriles is 1. The lowest BCUT2D eigenvalue weighted by molar-refractivity contribution is -0.132. The van der Waals surface area contributed by atoms with Gasteiger partial charge in [-0.1, -0.05) is 12.1 Å². The molecule has 4 nitrogen and oxygen atoms in total. The average Bonchev–Trinajstić information content (AvgIpc) is 2.38. The van der Waals surface area contributed by atoms with Gasteiger partial charge in [-0.05, 0) is 37.0 Å². The lowest BCUT2D eigenvalue weighted by Crippen LogP contribution is -2.43. The Kier molecular flexibility index (Phi) is 3.83. The predicted molar refractivity (Wildman–Crippen MR) is 66.8 cm³/mol. The Bertz CT molecular complexity index is 479. The second-order valence-electron chi connectivity index (χ2n) is 4.57. The molecule has 0 spiro atoms. The van der Waals surface area contributed by atoms with Crippen LogP contribution < -0.4 is 0 Å². The van der Waals surface area contributed by atoms with E-state index in [9.17, 15) is 9.90 Å². The van der Waals surface area contributed by atoms with Crippen molar-refractivity contribution in [2.45, 2.75) is 31.7 Å². The van der Waals surface area contributed by atoms with E-state index in [4.69, 9.17) is 5.26 Å². The van der Waals surface area contributed by atoms with Crippen LogP contribution in [0.2, 0.25) is 0 Å². The number of carbonyl (C=O) groups is 1. The van der Waals surface area contributed by atoms with Gasteiger partial charge in [0.05, 0.1) is 12.5 Å². The molecule has 0 saturated carbocycles. The molecule has 0 bridgehead atoms. The first-order valence-corrected chi connectivity index (χ1v) is 6.17. The van der Waals surface area contributed by atoms with Crippen LogP contribution in [0.1, 0.15) is 24.8 Å². The number of nitrogens with zero attached hydrogens (tertiary/aromatic N) is 2. The van der Waals surface area contributed by atoms with Crippen molar-refractivity contribution >= 4 is 5.91 Å². The standard InChI is InChI=1S/C14H16N2O2/c15-10-12-5-1-2-7-16(12)14(18)9-11-4-3-6-13(17)8-11/h3-4,6,8,12,17H,1-2,5,7,9H2. The third-order valence-corrected chi connectivity index (χ3v) is 3.24. The number of piperidine rings is 1. The van der Waals surface area contributed by atoms with Gasteiger partial charge < -0.3 is 10.0 Å². The van der Waals surface area contributed by atoms with E-state index in [2.05, 4.69) is 6.07 Å². The summed E-state index contributed by atoms with van der Waals surface area (Å²) in [6.45, 7) is 0.663. The second kappa shape index (κ2) is 5.54. The molecule has 1 fully saturated rings. The van der Waals surface area contributed by atoms with Crippen molar-refractivity contribution in [1.82, 2.24) is 4.90 Å². The number of hydrogen-bond acceptors (Lipinski definition) is 3. The summed E-state index contributed by atoms with van der Waals surface area (Å²) >= 11 is 0. The highest BCUT2D eigenvalue weighted by Gasteiger charge is 2.26. The van der Waals surface area contributed by atoms with Crippen molar-refractivity contribution in [3.8, 4) is 11.8 Å². The summed E-state index contributed by atoms with van der Waals surface area (Å²) in [7, 11) is 0. The highest BCUT2D eigenvalue weighted by molar-refractivity contribution is 5.79. The molecule has 1 aromatic rings. The topological polar surface area (TPSA) is 64.3 Å². The van der Waals surface area contributed by atoms with Crippen LogP contribution in [-0.4, -0.2) is 28.5 Å². The number of aromatic hydroxyl groups is 1. The first-order chi connectivity index (χ1) is 8.70. The number of benzene rings is 1. The molecule has 0 aliphatic carbocycles. The van der Waals surface area contributed by atoms with E-state index < -0.39 is 0 Å². The molecule has 1 aliphatic rings. The van der Waals surface area contributed by atoms with Gasteiger partial charge in [0.2, 0.25) is 5.91 Å². The van der Waals surface area contributed by atoms with Crippen LogP contribution in [-0.2, 0) is 11.2 Å². The summed E-state index contributed by atoms with van der Waals surface area (Å²) in [6, 6.07) is 8.59. The van der Waals surface area contributed by atoms with Crippen molar-refractivity contribution in [3.63, 3.8) is 0 Å². The highest BCUT2D eigenvalue weighted by Crippen LogP contribution is 2.18. The number of likely N-dealkylation sites (tertiary alicyclic amines) is 1. The summed E-state index contributed by atoms with van der Waals surface area (Å²) in [5, 5.41) is 18.4. The second-order valence-corrected chi connectivity index (χ2v) is 4.57. The summed E-state index contributed by atoms with van der Waals surface area (Å²) in [5.74, 6) is 0.127. The van der Waals surface area contributed by atoms with E-state index >= 15 is 0 Å². The normalized spacial score (nSPS) is 19.3. The van der Waals surface area contributed by atoms with Crippen molar-refractivity contribution in [2.24, 2.45) is 0 Å². The molecule has 94 valence electrons. The van der Waals surface area contributed by atoms with Gasteiger partial charge in [-0.2, -0.15) is 5.26 Å². The molecule has 1 heterocycles. The number of phenols is 1. The van der Waals surface area contributed by atoms with E-state index in [0.717, 1.165) is 24.8 Å². The number of amides is 1. The predicted octanol–water partition coefficient (Wildman–Crippen LogP) is 1.84. The van der Waals surface area contributed by atoms with E-state index in [-0.39, 0.29) is 24.1 Å². The Morgan fingerprint density at radius 3 is 3.06 bits per heavy atom. The van der Waals surface area contributed by atoms with Crippen LogP contribution in [0.15, 0.2) is 24.3 Å². The van der Waals surface area contributed by atoms with Gasteiger partial charge in [0.1, 0.15) is 11.8 Å². The Morgan fingerprint density at radius 1 is 1.50 bits per heavy atom. The molecule has 1 saturated heterocycles. The summed E-state index contributed by atoms with van der Waals surface area (Å²) in [5.41, 5.74) is 0.780. The fourth-order valence-corrected chi connectivity index (χ4v) is 2.31. The fourth-order valence-electron chi connectivity index (χ4n) is 2.31. The van der Waals surface area contributed by atoms with Gasteiger partial charge in [-0.25, -0.2) is 0 Å². The maximum atomic E-state index is 12.1. The number of rotatable bonds is 2. The third-order valence-electron chi connectivity index (χ3n) is 3.24. The fraction of sp³-hybridized carbons (Fsp3) is 0.429. The zero-order chi connectivity index (χ0) is 13.0. The molecule has 1 amide bonds. The van der Waals surface area contributed by atoms with Crippen molar-refractivity contribution in [1.29, 1.82) is 5.26 Å². The first kappa shape index (κ1) is 12.4. The van der Waals surface area contributed by atoms with E-state index in [1.54, 1.807) is 23.1 Å². The maximum Gasteiger partial charge on any atom is 0.228 e. The number of hydrogen-bond donors (Lipinski definition) is 1. The van der Waals surface area contributed by atoms with Crippen LogP contribution in [0.25, 0.3) is 0 Å². The minimum absolute atomic E-state index is 0.0353. The maximum absolute atomic E-state index is 12.1. The van der Waals surface area contributed by atoms with Gasteiger partial charge in [-0.15, -0.1) is 0 Å². The minimum atomic E-state index is -0.288. The van der Waals surface area contributed by atoms with Gasteiger partial charge >= 0.3 is 0 Å². The molecule has 1 atom stereocenters. The Labute approximate surface area is 106 Å². The van der Waals surface area contributed by atoms with E-state index in [1.165, 1.54) is 0 Å². The average molecular weight is 244 g/mol. The van der Waals surface area contributed by atoms with Crippen LogP contribution in [0.4, 0.5) is 0 Å². The first-order valence-electron chi connectivity index (χ1n) is 6.17. The zero-order valence-corrected chi connectivity index (χ0v) is 10.2. The largest absolute Gasteiger partial charge is 0.508 e. The van der Waals surface area contributed by atoms with Gasteiger partial charge in [0.15, 0.2) is 0 Å². The Hall–Kier alpha value is -2.02. The van der Waals surface area contributed by atoms with Crippen LogP contribution in [0.5, 0.6) is 5.75 Å². The SMILES string of the molecule is N#CC1CCCCN1C(=O)Cc1cccc(O)c1. The smallest absolute Gasteiger partial charge is 0.228 e. The Balaban J connectivity index is 2.05. The van der Waals surface area contributed by atoms with Crippen LogP contribution in [0.3, 0.4) is 0 Å². The molecular weight excluding hydrogens is 228 g/mol. The van der Waals surface area contributed by atoms with Gasteiger partial charge in [0, 0.05) is 6.54 Å². The molecular formula is C14H16N2O2. The lowest BCUT2D eigenvalue weighted by Gasteiger charge is -2.31. The van der Waals surface area contributed by atoms with Gasteiger partial charge in [-0.3, -0.25) is 4.79 Å². The van der Waals surface area contributed by atoms with E-state index in [1.807, 2.05) is 6.07 Å². The van der Waals surface area contributed by atoms with E-state index in [0.29, 0.717) is 6.54 Å². The molecule has 2 rings (SSSR count). The van der Waals surface area contributed by atoms with Crippen LogP contribution >= 0.6 is 0 Å². The van der Waals surface area contributed by atoms with Crippen molar-refractivity contribution in [3.05, 3.63) is 29.8 Å². The van der Waals surface area contributed by atoms with Gasteiger partial charge in [0.25, 0.3) is 0 Å². The van der Waals surface area contributed by atoms with Crippen molar-refractivity contribution in [2.75, 3.05) is 6.54 Å². The number of phenolic OH excluding ortho intramolecular Hbond substituents is 1. The number of carbonyl (C=O) groups excluding carboxylic acids is 1. The molecule has 0 radical (unpaired) electrons. The Morgan fingerprint density at radius 2 is 2.33 bits per heavy atom. The lowest BCUT2D eigenvalue weighted by atomic mass is 10.0. The third kappa shape index (κ3) is 2.80. The van der Waals surface area contributed by atoms with Crippen LogP contribution in [0, 0.1) is 11.3 Å². The summed E-state index contributed by atoms with van der Waals surface area (Å²) < 4.78 is 0. The summed E-state index contributed by atoms with van der Waals surface area (Å²) in [6.07, 6.45) is 2.98.